The van der Waals surface area contributed by atoms with Crippen molar-refractivity contribution in [2.45, 2.75) is 13.8 Å². The van der Waals surface area contributed by atoms with Gasteiger partial charge in [-0.25, -0.2) is 4.98 Å². The molecule has 236 valence electrons. The number of anilines is 1. The molecule has 0 bridgehead atoms. The summed E-state index contributed by atoms with van der Waals surface area (Å²) in [6, 6.07) is 23.4. The summed E-state index contributed by atoms with van der Waals surface area (Å²) in [7, 11) is 0. The number of nitro benzene ring substituents is 1. The van der Waals surface area contributed by atoms with Crippen molar-refractivity contribution in [3.8, 4) is 23.1 Å². The highest BCUT2D eigenvalue weighted by Gasteiger charge is 2.24. The van der Waals surface area contributed by atoms with Crippen LogP contribution in [0.5, 0.6) is 11.5 Å². The average Bonchev–Trinajstić information content (AvgIpc) is 3.48. The molecule has 4 aromatic carbocycles. The number of hydrogen-bond donors (Lipinski definition) is 1. The Labute approximate surface area is 272 Å². The molecule has 1 N–H and O–H groups in total. The standard InChI is InChI=1S/C34H26ClN5O7/c1-3-45-29-15-21(14-27(40(43)44)32(29)46-19-31(41)37-24-11-8-20(2)9-12-24)18-36-39-33(38-26-7-5-4-6-25(26)34(39)42)30-17-22-16-23(35)10-13-28(22)47-30/h4-18H,3,19H2,1-2H3,(H,37,41). The fourth-order valence-electron chi connectivity index (χ4n) is 4.84. The summed E-state index contributed by atoms with van der Waals surface area (Å²) in [6.45, 7) is 3.27. The van der Waals surface area contributed by atoms with Gasteiger partial charge in [0.15, 0.2) is 18.1 Å². The maximum absolute atomic E-state index is 13.7. The molecule has 1 amide bonds. The van der Waals surface area contributed by atoms with Crippen molar-refractivity contribution < 1.29 is 23.6 Å². The van der Waals surface area contributed by atoms with Crippen LogP contribution in [0.15, 0.2) is 99.2 Å². The Morgan fingerprint density at radius 2 is 1.87 bits per heavy atom. The SMILES string of the molecule is CCOc1cc(C=Nn2c(-c3cc4cc(Cl)ccc4o3)nc3ccccc3c2=O)cc([N+](=O)[O-])c1OCC(=O)Nc1ccc(C)cc1. The highest BCUT2D eigenvalue weighted by Crippen LogP contribution is 2.38. The molecule has 0 saturated carbocycles. The molecule has 0 aliphatic rings. The van der Waals surface area contributed by atoms with E-state index >= 15 is 0 Å². The van der Waals surface area contributed by atoms with Crippen LogP contribution in [-0.2, 0) is 4.79 Å². The summed E-state index contributed by atoms with van der Waals surface area (Å²) in [5, 5.41) is 20.8. The fourth-order valence-corrected chi connectivity index (χ4v) is 5.02. The van der Waals surface area contributed by atoms with Gasteiger partial charge < -0.3 is 19.2 Å². The Balaban J connectivity index is 1.37. The molecule has 2 heterocycles. The number of nitro groups is 1. The zero-order valence-corrected chi connectivity index (χ0v) is 25.9. The predicted molar refractivity (Wildman–Crippen MR) is 179 cm³/mol. The van der Waals surface area contributed by atoms with Gasteiger partial charge in [-0.15, -0.1) is 0 Å². The highest BCUT2D eigenvalue weighted by molar-refractivity contribution is 6.31. The molecule has 0 radical (unpaired) electrons. The zero-order chi connectivity index (χ0) is 33.1. The first kappa shape index (κ1) is 31.0. The number of para-hydroxylation sites is 1. The Bertz CT molecular complexity index is 2240. The van der Waals surface area contributed by atoms with Gasteiger partial charge in [0.25, 0.3) is 11.5 Å². The van der Waals surface area contributed by atoms with E-state index in [0.29, 0.717) is 32.6 Å². The van der Waals surface area contributed by atoms with Gasteiger partial charge in [-0.2, -0.15) is 9.78 Å². The summed E-state index contributed by atoms with van der Waals surface area (Å²) < 4.78 is 18.4. The molecule has 0 saturated heterocycles. The van der Waals surface area contributed by atoms with Gasteiger partial charge in [-0.1, -0.05) is 41.4 Å². The number of nitrogens with zero attached hydrogens (tertiary/aromatic N) is 4. The first-order chi connectivity index (χ1) is 22.7. The van der Waals surface area contributed by atoms with Gasteiger partial charge in [0.1, 0.15) is 5.58 Å². The number of aryl methyl sites for hydroxylation is 1. The quantitative estimate of drug-likeness (QED) is 0.0946. The smallest absolute Gasteiger partial charge is 0.315 e. The highest BCUT2D eigenvalue weighted by atomic mass is 35.5. The summed E-state index contributed by atoms with van der Waals surface area (Å²) in [4.78, 5) is 42.4. The molecule has 0 aliphatic heterocycles. The van der Waals surface area contributed by atoms with Crippen molar-refractivity contribution in [3.63, 3.8) is 0 Å². The van der Waals surface area contributed by atoms with Gasteiger partial charge in [0.2, 0.25) is 11.6 Å². The van der Waals surface area contributed by atoms with Crippen molar-refractivity contribution >= 4 is 57.0 Å². The second-order valence-electron chi connectivity index (χ2n) is 10.4. The van der Waals surface area contributed by atoms with Gasteiger partial charge in [0.05, 0.1) is 28.6 Å². The summed E-state index contributed by atoms with van der Waals surface area (Å²) in [6.07, 6.45) is 1.27. The van der Waals surface area contributed by atoms with E-state index in [0.717, 1.165) is 10.2 Å². The second-order valence-corrected chi connectivity index (χ2v) is 10.8. The van der Waals surface area contributed by atoms with E-state index in [1.807, 2.05) is 19.1 Å². The van der Waals surface area contributed by atoms with E-state index in [2.05, 4.69) is 15.4 Å². The monoisotopic (exact) mass is 651 g/mol. The Kier molecular flexibility index (Phi) is 8.67. The topological polar surface area (TPSA) is 151 Å². The second kappa shape index (κ2) is 13.2. The molecule has 13 heteroatoms. The molecule has 47 heavy (non-hydrogen) atoms. The third kappa shape index (κ3) is 6.67. The number of carbonyl (C=O) groups is 1. The van der Waals surface area contributed by atoms with E-state index in [1.54, 1.807) is 67.6 Å². The van der Waals surface area contributed by atoms with E-state index in [9.17, 15) is 19.7 Å². The van der Waals surface area contributed by atoms with Crippen molar-refractivity contribution in [2.75, 3.05) is 18.5 Å². The molecule has 6 rings (SSSR count). The molecular weight excluding hydrogens is 626 g/mol. The van der Waals surface area contributed by atoms with Gasteiger partial charge in [-0.05, 0) is 68.4 Å². The van der Waals surface area contributed by atoms with E-state index in [1.165, 1.54) is 18.3 Å². The molecule has 0 aliphatic carbocycles. The molecular formula is C34H26ClN5O7. The summed E-state index contributed by atoms with van der Waals surface area (Å²) >= 11 is 6.16. The number of nitrogens with one attached hydrogen (secondary N) is 1. The van der Waals surface area contributed by atoms with Crippen LogP contribution >= 0.6 is 11.6 Å². The first-order valence-electron chi connectivity index (χ1n) is 14.4. The number of aromatic nitrogens is 2. The Hall–Kier alpha value is -6.01. The van der Waals surface area contributed by atoms with Crippen LogP contribution < -0.4 is 20.3 Å². The van der Waals surface area contributed by atoms with Crippen LogP contribution in [0.2, 0.25) is 5.02 Å². The van der Waals surface area contributed by atoms with Gasteiger partial charge in [0, 0.05) is 27.7 Å². The lowest BCUT2D eigenvalue weighted by molar-refractivity contribution is -0.385. The maximum atomic E-state index is 13.7. The third-order valence-corrected chi connectivity index (χ3v) is 7.25. The third-order valence-electron chi connectivity index (χ3n) is 7.01. The van der Waals surface area contributed by atoms with Crippen LogP contribution in [0.4, 0.5) is 11.4 Å². The number of fused-ring (bicyclic) bond motifs is 2. The lowest BCUT2D eigenvalue weighted by Gasteiger charge is -2.13. The predicted octanol–water partition coefficient (Wildman–Crippen LogP) is 6.98. The largest absolute Gasteiger partial charge is 0.490 e. The number of rotatable bonds is 10. The van der Waals surface area contributed by atoms with Crippen LogP contribution in [0, 0.1) is 17.0 Å². The zero-order valence-electron chi connectivity index (χ0n) is 25.1. The molecule has 0 atom stereocenters. The van der Waals surface area contributed by atoms with E-state index in [4.69, 9.17) is 25.5 Å². The van der Waals surface area contributed by atoms with Gasteiger partial charge in [-0.3, -0.25) is 19.7 Å². The maximum Gasteiger partial charge on any atom is 0.315 e. The average molecular weight is 652 g/mol. The first-order valence-corrected chi connectivity index (χ1v) is 14.8. The van der Waals surface area contributed by atoms with Crippen LogP contribution in [-0.4, -0.2) is 39.9 Å². The Morgan fingerprint density at radius 3 is 2.64 bits per heavy atom. The molecule has 12 nitrogen and oxygen atoms in total. The number of hydrogen-bond acceptors (Lipinski definition) is 9. The Morgan fingerprint density at radius 1 is 1.09 bits per heavy atom. The summed E-state index contributed by atoms with van der Waals surface area (Å²) in [5.41, 5.74) is 1.82. The number of carbonyl (C=O) groups excluding carboxylic acids is 1. The molecule has 0 spiro atoms. The number of ether oxygens (including phenoxy) is 2. The summed E-state index contributed by atoms with van der Waals surface area (Å²) in [5.74, 6) is -0.351. The number of furan rings is 1. The fraction of sp³-hybridized carbons (Fsp3) is 0.118. The lowest BCUT2D eigenvalue weighted by Crippen LogP contribution is -2.21. The molecule has 0 fully saturated rings. The minimum Gasteiger partial charge on any atom is -0.490 e. The van der Waals surface area contributed by atoms with Crippen LogP contribution in [0.25, 0.3) is 33.5 Å². The van der Waals surface area contributed by atoms with Gasteiger partial charge >= 0.3 is 5.69 Å². The minimum atomic E-state index is -0.651. The molecule has 2 aromatic heterocycles. The van der Waals surface area contributed by atoms with Crippen molar-refractivity contribution in [1.82, 2.24) is 9.66 Å². The number of benzene rings is 4. The van der Waals surface area contributed by atoms with Crippen molar-refractivity contribution in [2.24, 2.45) is 5.10 Å². The number of amides is 1. The normalized spacial score (nSPS) is 11.3. The van der Waals surface area contributed by atoms with Crippen molar-refractivity contribution in [3.05, 3.63) is 122 Å². The van der Waals surface area contributed by atoms with Crippen LogP contribution in [0.3, 0.4) is 0 Å². The van der Waals surface area contributed by atoms with Crippen molar-refractivity contribution in [1.29, 1.82) is 0 Å². The lowest BCUT2D eigenvalue weighted by atomic mass is 10.2. The molecule has 0 unspecified atom stereocenters. The minimum absolute atomic E-state index is 0.0182. The van der Waals surface area contributed by atoms with E-state index < -0.39 is 28.7 Å². The van der Waals surface area contributed by atoms with E-state index in [-0.39, 0.29) is 35.3 Å². The molecule has 6 aromatic rings. The number of halogens is 1. The van der Waals surface area contributed by atoms with Crippen LogP contribution in [0.1, 0.15) is 18.1 Å².